The number of nitrogens with zero attached hydrogens (tertiary/aromatic N) is 2. The Morgan fingerprint density at radius 3 is 2.71 bits per heavy atom. The maximum absolute atomic E-state index is 12.0. The third kappa shape index (κ3) is 3.26. The largest absolute Gasteiger partial charge is 0.624 e. The maximum atomic E-state index is 12.0. The Bertz CT molecular complexity index is 795. The lowest BCUT2D eigenvalue weighted by Crippen LogP contribution is -2.05. The zero-order valence-corrected chi connectivity index (χ0v) is 11.9. The summed E-state index contributed by atoms with van der Waals surface area (Å²) >= 11 is 0. The first-order valence-corrected chi connectivity index (χ1v) is 6.90. The van der Waals surface area contributed by atoms with Crippen molar-refractivity contribution in [3.05, 3.63) is 82.7 Å². The van der Waals surface area contributed by atoms with Gasteiger partial charge >= 0.3 is 0 Å². The van der Waals surface area contributed by atoms with E-state index in [0.717, 1.165) is 26.8 Å². The van der Waals surface area contributed by atoms with Gasteiger partial charge in [-0.25, -0.2) is 4.74 Å². The summed E-state index contributed by atoms with van der Waals surface area (Å²) in [7, 11) is 0. The van der Waals surface area contributed by atoms with Crippen LogP contribution in [0.1, 0.15) is 16.7 Å². The summed E-state index contributed by atoms with van der Waals surface area (Å²) in [4.78, 5) is 4.39. The van der Waals surface area contributed by atoms with E-state index in [0.29, 0.717) is 6.54 Å². The number of aromatic nitrogens is 1. The molecule has 3 nitrogen and oxygen atoms in total. The van der Waals surface area contributed by atoms with Crippen molar-refractivity contribution in [3.63, 3.8) is 0 Å². The zero-order valence-electron chi connectivity index (χ0n) is 11.9. The van der Waals surface area contributed by atoms with Crippen LogP contribution in [-0.2, 0) is 6.54 Å². The molecule has 0 radical (unpaired) electrons. The molecule has 0 amide bonds. The molecular weight excluding hydrogens is 260 g/mol. The topological polar surface area (TPSA) is 39.0 Å². The molecule has 0 N–H and O–H groups in total. The van der Waals surface area contributed by atoms with Crippen molar-refractivity contribution in [2.45, 2.75) is 13.5 Å². The fourth-order valence-corrected chi connectivity index (χ4v) is 2.31. The second kappa shape index (κ2) is 5.75. The van der Waals surface area contributed by atoms with Crippen LogP contribution in [0, 0.1) is 12.1 Å². The van der Waals surface area contributed by atoms with Crippen molar-refractivity contribution in [1.82, 2.24) is 4.98 Å². The van der Waals surface area contributed by atoms with Crippen molar-refractivity contribution >= 4 is 17.1 Å². The second-order valence-corrected chi connectivity index (χ2v) is 5.15. The molecule has 0 fully saturated rings. The minimum atomic E-state index is 0.340. The van der Waals surface area contributed by atoms with Gasteiger partial charge in [0, 0.05) is 17.1 Å². The van der Waals surface area contributed by atoms with Gasteiger partial charge in [0.15, 0.2) is 12.8 Å². The fourth-order valence-electron chi connectivity index (χ4n) is 2.31. The second-order valence-electron chi connectivity index (χ2n) is 5.15. The molecule has 0 bridgehead atoms. The summed E-state index contributed by atoms with van der Waals surface area (Å²) in [5.74, 6) is 0. The van der Waals surface area contributed by atoms with Gasteiger partial charge in [0.25, 0.3) is 0 Å². The molecule has 0 unspecified atom stereocenters. The van der Waals surface area contributed by atoms with E-state index in [-0.39, 0.29) is 0 Å². The minimum Gasteiger partial charge on any atom is -0.624 e. The first kappa shape index (κ1) is 13.3. The van der Waals surface area contributed by atoms with Crippen LogP contribution in [-0.4, -0.2) is 15.9 Å². The number of hydrogen-bond donors (Lipinski definition) is 0. The molecule has 1 heterocycles. The molecule has 0 spiro atoms. The highest BCUT2D eigenvalue weighted by Crippen LogP contribution is 2.14. The Morgan fingerprint density at radius 1 is 1.10 bits per heavy atom. The molecule has 0 aliphatic heterocycles. The van der Waals surface area contributed by atoms with Gasteiger partial charge in [-0.05, 0) is 25.1 Å². The Hall–Kier alpha value is -2.68. The maximum Gasteiger partial charge on any atom is 0.183 e. The van der Waals surface area contributed by atoms with E-state index in [1.54, 1.807) is 12.4 Å². The summed E-state index contributed by atoms with van der Waals surface area (Å²) in [6.45, 7) is 2.39. The molecule has 0 aliphatic carbocycles. The average Bonchev–Trinajstić information content (AvgIpc) is 2.47. The van der Waals surface area contributed by atoms with Gasteiger partial charge in [-0.3, -0.25) is 4.98 Å². The van der Waals surface area contributed by atoms with E-state index < -0.39 is 0 Å². The molecule has 3 aromatic rings. The zero-order chi connectivity index (χ0) is 14.7. The third-order valence-electron chi connectivity index (χ3n) is 3.33. The van der Waals surface area contributed by atoms with E-state index in [1.807, 2.05) is 55.5 Å². The first-order chi connectivity index (χ1) is 10.2. The average molecular weight is 276 g/mol. The van der Waals surface area contributed by atoms with Crippen LogP contribution < -0.4 is 0 Å². The van der Waals surface area contributed by atoms with Crippen molar-refractivity contribution in [3.8, 4) is 0 Å². The summed E-state index contributed by atoms with van der Waals surface area (Å²) in [5.41, 5.74) is 3.94. The molecule has 3 heteroatoms. The number of rotatable bonds is 3. The van der Waals surface area contributed by atoms with Crippen LogP contribution in [0.5, 0.6) is 0 Å². The fraction of sp³-hybridized carbons (Fsp3) is 0.111. The lowest BCUT2D eigenvalue weighted by molar-refractivity contribution is -0.469. The standard InChI is InChI=1S/C18H16N2O/c1-14-7-8-18-17(9-14)10-16(11-19-18)13-20(21)12-15-5-3-2-4-6-15/h2-11,13H,12H2,1H3/b20-13-. The van der Waals surface area contributed by atoms with Crippen molar-refractivity contribution in [2.24, 2.45) is 0 Å². The predicted octanol–water partition coefficient (Wildman–Crippen LogP) is 3.67. The van der Waals surface area contributed by atoms with Crippen LogP contribution in [0.25, 0.3) is 10.9 Å². The molecule has 0 atom stereocenters. The van der Waals surface area contributed by atoms with Gasteiger partial charge in [0.05, 0.1) is 11.1 Å². The molecule has 0 saturated heterocycles. The van der Waals surface area contributed by atoms with E-state index >= 15 is 0 Å². The Kier molecular flexibility index (Phi) is 3.65. The van der Waals surface area contributed by atoms with E-state index in [2.05, 4.69) is 11.1 Å². The SMILES string of the molecule is Cc1ccc2ncc(/C=[N+](\[O-])Cc3ccccc3)cc2c1. The highest BCUT2D eigenvalue weighted by Gasteiger charge is 2.01. The lowest BCUT2D eigenvalue weighted by Gasteiger charge is -2.05. The first-order valence-electron chi connectivity index (χ1n) is 6.90. The van der Waals surface area contributed by atoms with E-state index in [9.17, 15) is 5.21 Å². The normalized spacial score (nSPS) is 11.8. The molecule has 104 valence electrons. The number of benzene rings is 2. The third-order valence-corrected chi connectivity index (χ3v) is 3.33. The summed E-state index contributed by atoms with van der Waals surface area (Å²) in [6.07, 6.45) is 3.31. The van der Waals surface area contributed by atoms with Crippen LogP contribution >= 0.6 is 0 Å². The van der Waals surface area contributed by atoms with E-state index in [4.69, 9.17) is 0 Å². The number of hydrogen-bond acceptors (Lipinski definition) is 2. The van der Waals surface area contributed by atoms with Crippen LogP contribution in [0.2, 0.25) is 0 Å². The van der Waals surface area contributed by atoms with Gasteiger partial charge in [-0.1, -0.05) is 42.0 Å². The van der Waals surface area contributed by atoms with Gasteiger partial charge in [-0.2, -0.15) is 0 Å². The Labute approximate surface area is 123 Å². The Balaban J connectivity index is 1.88. The van der Waals surface area contributed by atoms with Crippen molar-refractivity contribution in [1.29, 1.82) is 0 Å². The van der Waals surface area contributed by atoms with E-state index in [1.165, 1.54) is 5.56 Å². The molecule has 2 aromatic carbocycles. The molecule has 0 saturated carbocycles. The number of hydroxylamine groups is 1. The highest BCUT2D eigenvalue weighted by atomic mass is 16.5. The number of aryl methyl sites for hydroxylation is 1. The molecule has 3 rings (SSSR count). The number of fused-ring (bicyclic) bond motifs is 1. The summed E-state index contributed by atoms with van der Waals surface area (Å²) in [6, 6.07) is 17.8. The summed E-state index contributed by atoms with van der Waals surface area (Å²) in [5, 5.41) is 13.1. The van der Waals surface area contributed by atoms with Crippen molar-refractivity contribution in [2.75, 3.05) is 0 Å². The molecule has 21 heavy (non-hydrogen) atoms. The van der Waals surface area contributed by atoms with Crippen LogP contribution in [0.15, 0.2) is 60.8 Å². The highest BCUT2D eigenvalue weighted by molar-refractivity contribution is 5.86. The Morgan fingerprint density at radius 2 is 1.90 bits per heavy atom. The van der Waals surface area contributed by atoms with Crippen LogP contribution in [0.4, 0.5) is 0 Å². The monoisotopic (exact) mass is 276 g/mol. The lowest BCUT2D eigenvalue weighted by atomic mass is 10.1. The van der Waals surface area contributed by atoms with Gasteiger partial charge in [0.2, 0.25) is 0 Å². The smallest absolute Gasteiger partial charge is 0.183 e. The molecule has 1 aromatic heterocycles. The predicted molar refractivity (Wildman–Crippen MR) is 85.4 cm³/mol. The van der Waals surface area contributed by atoms with Crippen LogP contribution in [0.3, 0.4) is 0 Å². The number of pyridine rings is 1. The van der Waals surface area contributed by atoms with Gasteiger partial charge < -0.3 is 5.21 Å². The molecular formula is C18H16N2O. The quantitative estimate of drug-likeness (QED) is 0.317. The molecule has 0 aliphatic rings. The van der Waals surface area contributed by atoms with Gasteiger partial charge in [-0.15, -0.1) is 0 Å². The minimum absolute atomic E-state index is 0.340. The summed E-state index contributed by atoms with van der Waals surface area (Å²) < 4.78 is 0.938. The van der Waals surface area contributed by atoms with Crippen molar-refractivity contribution < 1.29 is 4.74 Å². The van der Waals surface area contributed by atoms with Gasteiger partial charge in [0.1, 0.15) is 0 Å².